The number of carbonyl (C=O) groups excluding carboxylic acids is 1. The smallest absolute Gasteiger partial charge is 0.316 e. The van der Waals surface area contributed by atoms with Crippen LogP contribution < -0.4 is 4.74 Å². The maximum Gasteiger partial charge on any atom is 0.316 e. The molecule has 0 fully saturated rings. The number of ether oxygens (including phenoxy) is 1. The molecule has 2 rings (SSSR count). The Morgan fingerprint density at radius 3 is 2.71 bits per heavy atom. The molecule has 0 unspecified atom stereocenters. The van der Waals surface area contributed by atoms with E-state index in [0.717, 1.165) is 0 Å². The highest BCUT2D eigenvalue weighted by Crippen LogP contribution is 2.30. The molecule has 2 aromatic rings. The molecule has 0 saturated heterocycles. The number of hydrogen-bond acceptors (Lipinski definition) is 3. The average Bonchev–Trinajstić information content (AvgIpc) is 2.91. The fourth-order valence-electron chi connectivity index (χ4n) is 1.76. The molecule has 0 saturated carbocycles. The third-order valence-electron chi connectivity index (χ3n) is 2.90. The van der Waals surface area contributed by atoms with Crippen molar-refractivity contribution in [2.24, 2.45) is 5.41 Å². The molecule has 0 aliphatic carbocycles. The molecule has 0 amide bonds. The Kier molecular flexibility index (Phi) is 3.05. The van der Waals surface area contributed by atoms with Crippen molar-refractivity contribution in [2.75, 3.05) is 20.6 Å². The normalized spacial score (nSPS) is 16.3. The first kappa shape index (κ1) is 10.9. The molecule has 4 heteroatoms. The fourth-order valence-corrected chi connectivity index (χ4v) is 1.76. The largest absolute Gasteiger partial charge is 0.425 e. The summed E-state index contributed by atoms with van der Waals surface area (Å²) in [5.41, 5.74) is -0.0262. The van der Waals surface area contributed by atoms with Crippen LogP contribution in [0.25, 0.3) is 10.9 Å². The van der Waals surface area contributed by atoms with Gasteiger partial charge in [0.05, 0.1) is 5.41 Å². The predicted octanol–water partition coefficient (Wildman–Crippen LogP) is 3.22. The Morgan fingerprint density at radius 1 is 1.38 bits per heavy atom. The summed E-state index contributed by atoms with van der Waals surface area (Å²) >= 11 is 0. The maximum atomic E-state index is 12.3. The van der Waals surface area contributed by atoms with Crippen LogP contribution in [0.3, 0.4) is 0 Å². The number of carbonyl (C=O) groups is 1. The molecule has 0 radical (unpaired) electrons. The average molecular weight is 292 g/mol. The number of hydrogen-bond donors (Lipinski definition) is 1. The Morgan fingerprint density at radius 2 is 2.10 bits per heavy atom. The number of likely N-dealkylation sites (N-methyl/N-ethyl adjacent to an activating group) is 1. The minimum atomic E-state index is -2.33. The van der Waals surface area contributed by atoms with Gasteiger partial charge in [-0.25, -0.2) is 0 Å². The molecule has 1 heterocycles. The molecule has 0 aliphatic heterocycles. The third-order valence-corrected chi connectivity index (χ3v) is 2.90. The molecular formula is C17H24N2O2. The van der Waals surface area contributed by atoms with E-state index in [-0.39, 0.29) is 11.3 Å². The summed E-state index contributed by atoms with van der Waals surface area (Å²) in [7, 11) is 2.96. The lowest BCUT2D eigenvalue weighted by molar-refractivity contribution is -0.142. The van der Waals surface area contributed by atoms with Crippen LogP contribution in [0.2, 0.25) is 0 Å². The van der Waals surface area contributed by atoms with Crippen LogP contribution in [-0.4, -0.2) is 36.4 Å². The summed E-state index contributed by atoms with van der Waals surface area (Å²) in [6.45, 7) is 2.94. The van der Waals surface area contributed by atoms with E-state index in [1.165, 1.54) is 25.2 Å². The van der Waals surface area contributed by atoms with Gasteiger partial charge in [0.25, 0.3) is 0 Å². The van der Waals surface area contributed by atoms with E-state index in [4.69, 9.17) is 10.2 Å². The zero-order chi connectivity index (χ0) is 19.2. The van der Waals surface area contributed by atoms with Gasteiger partial charge in [0, 0.05) is 29.1 Å². The number of benzene rings is 1. The Balaban J connectivity index is 2.63. The maximum absolute atomic E-state index is 12.3. The molecule has 0 bridgehead atoms. The van der Waals surface area contributed by atoms with Crippen LogP contribution in [0.15, 0.2) is 24.4 Å². The fraction of sp³-hybridized carbons (Fsp3) is 0.471. The van der Waals surface area contributed by atoms with Gasteiger partial charge >= 0.3 is 5.97 Å². The number of H-pyrrole nitrogens is 1. The number of rotatable bonds is 4. The first-order chi connectivity index (χ1) is 11.3. The lowest BCUT2D eigenvalue weighted by Crippen LogP contribution is -2.25. The van der Waals surface area contributed by atoms with E-state index in [1.807, 2.05) is 0 Å². The van der Waals surface area contributed by atoms with Crippen molar-refractivity contribution in [3.05, 3.63) is 30.0 Å². The van der Waals surface area contributed by atoms with Crippen molar-refractivity contribution in [1.29, 1.82) is 0 Å². The topological polar surface area (TPSA) is 45.3 Å². The minimum Gasteiger partial charge on any atom is -0.425 e. The molecule has 0 atom stereocenters. The van der Waals surface area contributed by atoms with Gasteiger partial charge in [0.1, 0.15) is 5.75 Å². The van der Waals surface area contributed by atoms with E-state index < -0.39 is 24.3 Å². The van der Waals surface area contributed by atoms with Gasteiger partial charge in [-0.15, -0.1) is 0 Å². The quantitative estimate of drug-likeness (QED) is 0.695. The summed E-state index contributed by atoms with van der Waals surface area (Å²) in [6.07, 6.45) is -0.903. The monoisotopic (exact) mass is 292 g/mol. The van der Waals surface area contributed by atoms with Gasteiger partial charge in [-0.2, -0.15) is 0 Å². The zero-order valence-electron chi connectivity index (χ0n) is 17.1. The van der Waals surface area contributed by atoms with E-state index in [0.29, 0.717) is 10.9 Å². The van der Waals surface area contributed by atoms with Crippen molar-refractivity contribution in [2.45, 2.75) is 27.1 Å². The van der Waals surface area contributed by atoms with Crippen LogP contribution >= 0.6 is 0 Å². The lowest BCUT2D eigenvalue weighted by atomic mass is 9.97. The molecule has 21 heavy (non-hydrogen) atoms. The SMILES string of the molecule is [2H]C([2H])(c1c[nH]c2cccc(OC(=O)C(C)(C)C)c12)C([2H])([2H])N(C)C. The van der Waals surface area contributed by atoms with Gasteiger partial charge in [-0.1, -0.05) is 6.07 Å². The number of aromatic nitrogens is 1. The van der Waals surface area contributed by atoms with Crippen LogP contribution in [-0.2, 0) is 11.2 Å². The number of nitrogens with zero attached hydrogens (tertiary/aromatic N) is 1. The van der Waals surface area contributed by atoms with Crippen molar-refractivity contribution in [3.63, 3.8) is 0 Å². The minimum absolute atomic E-state index is 0.110. The highest BCUT2D eigenvalue weighted by Gasteiger charge is 2.24. The van der Waals surface area contributed by atoms with Gasteiger partial charge in [-0.05, 0) is 58.9 Å². The second kappa shape index (κ2) is 5.90. The predicted molar refractivity (Wildman–Crippen MR) is 85.6 cm³/mol. The first-order valence-electron chi connectivity index (χ1n) is 8.80. The molecule has 0 spiro atoms. The summed E-state index contributed by atoms with van der Waals surface area (Å²) in [5, 5.41) is 0.371. The highest BCUT2D eigenvalue weighted by atomic mass is 16.5. The first-order valence-corrected chi connectivity index (χ1v) is 6.80. The molecule has 1 N–H and O–H groups in total. The van der Waals surface area contributed by atoms with Crippen molar-refractivity contribution >= 4 is 16.9 Å². The summed E-state index contributed by atoms with van der Waals surface area (Å²) in [6, 6.07) is 5.02. The zero-order valence-corrected chi connectivity index (χ0v) is 13.1. The van der Waals surface area contributed by atoms with Crippen LogP contribution in [0.4, 0.5) is 0 Å². The van der Waals surface area contributed by atoms with Gasteiger partial charge in [-0.3, -0.25) is 4.79 Å². The van der Waals surface area contributed by atoms with Gasteiger partial charge in [0.15, 0.2) is 0 Å². The highest BCUT2D eigenvalue weighted by molar-refractivity contribution is 5.92. The summed E-state index contributed by atoms with van der Waals surface area (Å²) in [4.78, 5) is 16.4. The second-order valence-corrected chi connectivity index (χ2v) is 6.15. The van der Waals surface area contributed by atoms with Crippen LogP contribution in [0.1, 0.15) is 31.8 Å². The Labute approximate surface area is 131 Å². The van der Waals surface area contributed by atoms with E-state index in [9.17, 15) is 4.79 Å². The number of esters is 1. The Hall–Kier alpha value is -1.81. The molecule has 114 valence electrons. The second-order valence-electron chi connectivity index (χ2n) is 6.15. The number of aryl methyl sites for hydroxylation is 1. The molecule has 1 aromatic heterocycles. The standard InChI is InChI=1S/C17H24N2O2/c1-17(2,3)16(20)21-14-8-6-7-13-15(14)12(11-18-13)9-10-19(4)5/h6-8,11,18H,9-10H2,1-5H3/i9D2,10D2. The Bertz CT molecular complexity index is 792. The van der Waals surface area contributed by atoms with E-state index in [2.05, 4.69) is 4.98 Å². The van der Waals surface area contributed by atoms with Crippen LogP contribution in [0, 0.1) is 5.41 Å². The molecule has 4 nitrogen and oxygen atoms in total. The summed E-state index contributed by atoms with van der Waals surface area (Å²) in [5.74, 6) is -0.226. The van der Waals surface area contributed by atoms with E-state index >= 15 is 0 Å². The van der Waals surface area contributed by atoms with Gasteiger partial charge in [0.2, 0.25) is 0 Å². The number of aromatic amines is 1. The van der Waals surface area contributed by atoms with Crippen molar-refractivity contribution in [3.8, 4) is 5.75 Å². The molecule has 0 aliphatic rings. The molecular weight excluding hydrogens is 264 g/mol. The van der Waals surface area contributed by atoms with Crippen LogP contribution in [0.5, 0.6) is 5.75 Å². The van der Waals surface area contributed by atoms with Crippen molar-refractivity contribution in [1.82, 2.24) is 9.88 Å². The van der Waals surface area contributed by atoms with E-state index in [1.54, 1.807) is 39.0 Å². The summed E-state index contributed by atoms with van der Waals surface area (Å²) < 4.78 is 38.6. The van der Waals surface area contributed by atoms with Gasteiger partial charge < -0.3 is 14.6 Å². The number of fused-ring (bicyclic) bond motifs is 1. The van der Waals surface area contributed by atoms with Crippen molar-refractivity contribution < 1.29 is 15.0 Å². The molecule has 1 aromatic carbocycles. The number of nitrogens with one attached hydrogen (secondary N) is 1. The lowest BCUT2D eigenvalue weighted by Gasteiger charge is -2.17. The third kappa shape index (κ3) is 3.64.